The molecular weight excluding hydrogens is 459 g/mol. The van der Waals surface area contributed by atoms with Crippen LogP contribution < -0.4 is 11.2 Å². The first-order chi connectivity index (χ1) is 16.1. The highest BCUT2D eigenvalue weighted by Gasteiger charge is 2.33. The summed E-state index contributed by atoms with van der Waals surface area (Å²) < 4.78 is 48.0. The highest BCUT2D eigenvalue weighted by molar-refractivity contribution is 5.68. The quantitative estimate of drug-likeness (QED) is 0.264. The molecule has 2 heterocycles. The Balaban J connectivity index is 2.15. The SMILES string of the molecule is CCn1c(=O)c([N+](=O)[O-])c(-c2cnn(Cc3ccccc3C(F)(F)F)c2)n(CCCOC)c1=O. The van der Waals surface area contributed by atoms with E-state index in [1.807, 2.05) is 0 Å². The third-order valence-electron chi connectivity index (χ3n) is 5.19. The Morgan fingerprint density at radius 2 is 1.88 bits per heavy atom. The van der Waals surface area contributed by atoms with Gasteiger partial charge in [-0.1, -0.05) is 18.2 Å². The summed E-state index contributed by atoms with van der Waals surface area (Å²) in [5.74, 6) is 0. The van der Waals surface area contributed by atoms with Gasteiger partial charge in [-0.15, -0.1) is 0 Å². The summed E-state index contributed by atoms with van der Waals surface area (Å²) in [4.78, 5) is 36.6. The van der Waals surface area contributed by atoms with Gasteiger partial charge in [0.05, 0.1) is 23.2 Å². The van der Waals surface area contributed by atoms with Crippen LogP contribution >= 0.6 is 0 Å². The maximum absolute atomic E-state index is 13.3. The Morgan fingerprint density at radius 3 is 2.50 bits per heavy atom. The lowest BCUT2D eigenvalue weighted by Crippen LogP contribution is -2.41. The smallest absolute Gasteiger partial charge is 0.385 e. The first-order valence-corrected chi connectivity index (χ1v) is 10.3. The van der Waals surface area contributed by atoms with E-state index in [0.717, 1.165) is 15.2 Å². The van der Waals surface area contributed by atoms with Crippen LogP contribution in [0.2, 0.25) is 0 Å². The van der Waals surface area contributed by atoms with Crippen LogP contribution in [0.5, 0.6) is 0 Å². The summed E-state index contributed by atoms with van der Waals surface area (Å²) in [6.07, 6.45) is -1.79. The molecule has 13 heteroatoms. The molecule has 182 valence electrons. The van der Waals surface area contributed by atoms with E-state index in [-0.39, 0.29) is 43.1 Å². The molecule has 0 aliphatic carbocycles. The number of rotatable bonds is 9. The molecule has 34 heavy (non-hydrogen) atoms. The molecule has 2 aromatic heterocycles. The van der Waals surface area contributed by atoms with E-state index < -0.39 is 33.6 Å². The zero-order valence-electron chi connectivity index (χ0n) is 18.4. The number of aromatic nitrogens is 4. The summed E-state index contributed by atoms with van der Waals surface area (Å²) in [6.45, 7) is 1.45. The number of methoxy groups -OCH3 is 1. The summed E-state index contributed by atoms with van der Waals surface area (Å²) in [5.41, 5.74) is -3.69. The van der Waals surface area contributed by atoms with E-state index in [4.69, 9.17) is 4.74 Å². The minimum absolute atomic E-state index is 0.0191. The molecule has 0 N–H and O–H groups in total. The topological polar surface area (TPSA) is 114 Å². The maximum atomic E-state index is 13.3. The van der Waals surface area contributed by atoms with Crippen molar-refractivity contribution in [2.75, 3.05) is 13.7 Å². The first kappa shape index (κ1) is 24.9. The summed E-state index contributed by atoms with van der Waals surface area (Å²) in [6, 6.07) is 4.97. The second kappa shape index (κ2) is 10.0. The molecule has 0 aliphatic heterocycles. The van der Waals surface area contributed by atoms with Crippen LogP contribution in [-0.4, -0.2) is 37.6 Å². The Morgan fingerprint density at radius 1 is 1.18 bits per heavy atom. The molecule has 1 aromatic carbocycles. The minimum Gasteiger partial charge on any atom is -0.385 e. The van der Waals surface area contributed by atoms with Crippen molar-refractivity contribution in [2.45, 2.75) is 39.2 Å². The van der Waals surface area contributed by atoms with Gasteiger partial charge in [-0.3, -0.25) is 28.7 Å². The second-order valence-corrected chi connectivity index (χ2v) is 7.37. The highest BCUT2D eigenvalue weighted by atomic mass is 19.4. The fraction of sp³-hybridized carbons (Fsp3) is 0.381. The van der Waals surface area contributed by atoms with Crippen molar-refractivity contribution in [2.24, 2.45) is 0 Å². The van der Waals surface area contributed by atoms with Crippen molar-refractivity contribution in [3.63, 3.8) is 0 Å². The number of alkyl halides is 3. The lowest BCUT2D eigenvalue weighted by atomic mass is 10.1. The van der Waals surface area contributed by atoms with Crippen LogP contribution in [0.4, 0.5) is 18.9 Å². The normalized spacial score (nSPS) is 11.7. The standard InChI is InChI=1S/C21H22F3N5O5/c1-3-27-19(30)18(29(32)33)17(28(20(27)31)9-6-10-34-2)15-11-25-26(13-15)12-14-7-4-5-8-16(14)21(22,23)24/h4-5,7-8,11,13H,3,6,9-10,12H2,1-2H3. The van der Waals surface area contributed by atoms with Crippen LogP contribution in [0.25, 0.3) is 11.3 Å². The van der Waals surface area contributed by atoms with E-state index >= 15 is 0 Å². The third kappa shape index (κ3) is 4.93. The Hall–Kier alpha value is -3.74. The van der Waals surface area contributed by atoms with Crippen LogP contribution in [0.15, 0.2) is 46.2 Å². The van der Waals surface area contributed by atoms with Crippen molar-refractivity contribution in [3.8, 4) is 11.3 Å². The van der Waals surface area contributed by atoms with Gasteiger partial charge in [0, 0.05) is 38.6 Å². The number of ether oxygens (including phenoxy) is 1. The monoisotopic (exact) mass is 481 g/mol. The van der Waals surface area contributed by atoms with E-state index in [9.17, 15) is 32.9 Å². The van der Waals surface area contributed by atoms with Gasteiger partial charge >= 0.3 is 23.1 Å². The van der Waals surface area contributed by atoms with Crippen LogP contribution in [0.1, 0.15) is 24.5 Å². The van der Waals surface area contributed by atoms with Gasteiger partial charge in [-0.05, 0) is 25.0 Å². The van der Waals surface area contributed by atoms with Gasteiger partial charge in [-0.25, -0.2) is 4.79 Å². The average Bonchev–Trinajstić information content (AvgIpc) is 3.22. The summed E-state index contributed by atoms with van der Waals surface area (Å²) >= 11 is 0. The maximum Gasteiger partial charge on any atom is 0.416 e. The number of halogens is 3. The van der Waals surface area contributed by atoms with Crippen LogP contribution in [0.3, 0.4) is 0 Å². The van der Waals surface area contributed by atoms with Crippen molar-refractivity contribution >= 4 is 5.69 Å². The predicted octanol–water partition coefficient (Wildman–Crippen LogP) is 2.91. The van der Waals surface area contributed by atoms with E-state index in [2.05, 4.69) is 5.10 Å². The molecule has 0 amide bonds. The van der Waals surface area contributed by atoms with Gasteiger partial charge in [-0.2, -0.15) is 18.3 Å². The zero-order valence-corrected chi connectivity index (χ0v) is 18.4. The fourth-order valence-corrected chi connectivity index (χ4v) is 3.68. The number of nitro groups is 1. The molecule has 0 unspecified atom stereocenters. The molecule has 0 saturated carbocycles. The number of benzene rings is 1. The predicted molar refractivity (Wildman–Crippen MR) is 116 cm³/mol. The van der Waals surface area contributed by atoms with Crippen molar-refractivity contribution in [1.29, 1.82) is 0 Å². The van der Waals surface area contributed by atoms with Crippen LogP contribution in [-0.2, 0) is 30.5 Å². The second-order valence-electron chi connectivity index (χ2n) is 7.37. The van der Waals surface area contributed by atoms with E-state index in [1.54, 1.807) is 0 Å². The number of hydrogen-bond donors (Lipinski definition) is 0. The molecule has 0 fully saturated rings. The van der Waals surface area contributed by atoms with Crippen molar-refractivity contribution < 1.29 is 22.8 Å². The van der Waals surface area contributed by atoms with Gasteiger partial charge in [0.1, 0.15) is 5.69 Å². The molecule has 0 aliphatic rings. The number of hydrogen-bond acceptors (Lipinski definition) is 6. The number of nitrogens with zero attached hydrogens (tertiary/aromatic N) is 5. The lowest BCUT2D eigenvalue weighted by molar-refractivity contribution is -0.386. The van der Waals surface area contributed by atoms with Gasteiger partial charge < -0.3 is 4.74 Å². The Bertz CT molecular complexity index is 1310. The van der Waals surface area contributed by atoms with Crippen molar-refractivity contribution in [3.05, 3.63) is 78.7 Å². The molecule has 0 atom stereocenters. The Kier molecular flexibility index (Phi) is 7.35. The summed E-state index contributed by atoms with van der Waals surface area (Å²) in [5, 5.41) is 15.9. The third-order valence-corrected chi connectivity index (χ3v) is 5.19. The van der Waals surface area contributed by atoms with Crippen molar-refractivity contribution in [1.82, 2.24) is 18.9 Å². The van der Waals surface area contributed by atoms with E-state index in [0.29, 0.717) is 6.42 Å². The first-order valence-electron chi connectivity index (χ1n) is 10.3. The molecule has 10 nitrogen and oxygen atoms in total. The zero-order chi connectivity index (χ0) is 25.0. The molecular formula is C21H22F3N5O5. The molecule has 0 radical (unpaired) electrons. The van der Waals surface area contributed by atoms with Crippen LogP contribution in [0, 0.1) is 10.1 Å². The highest BCUT2D eigenvalue weighted by Crippen LogP contribution is 2.32. The van der Waals surface area contributed by atoms with Gasteiger partial charge in [0.15, 0.2) is 0 Å². The summed E-state index contributed by atoms with van der Waals surface area (Å²) in [7, 11) is 1.46. The Labute approximate surface area is 191 Å². The molecule has 3 rings (SSSR count). The molecule has 0 saturated heterocycles. The molecule has 3 aromatic rings. The fourth-order valence-electron chi connectivity index (χ4n) is 3.68. The van der Waals surface area contributed by atoms with Gasteiger partial charge in [0.25, 0.3) is 0 Å². The minimum atomic E-state index is -4.57. The largest absolute Gasteiger partial charge is 0.416 e. The van der Waals surface area contributed by atoms with E-state index in [1.165, 1.54) is 49.3 Å². The average molecular weight is 481 g/mol. The molecule has 0 bridgehead atoms. The van der Waals surface area contributed by atoms with Gasteiger partial charge in [0.2, 0.25) is 0 Å². The molecule has 0 spiro atoms. The lowest BCUT2D eigenvalue weighted by Gasteiger charge is -2.14.